The van der Waals surface area contributed by atoms with Crippen molar-refractivity contribution in [1.29, 1.82) is 0 Å². The fourth-order valence-corrected chi connectivity index (χ4v) is 2.75. The minimum atomic E-state index is -2.97. The molecule has 0 spiro atoms. The summed E-state index contributed by atoms with van der Waals surface area (Å²) < 4.78 is 24.1. The Bertz CT molecular complexity index is 269. The first-order valence-electron chi connectivity index (χ1n) is 5.10. The highest BCUT2D eigenvalue weighted by molar-refractivity contribution is 7.88. The molecule has 1 fully saturated rings. The highest BCUT2D eigenvalue weighted by Crippen LogP contribution is 2.16. The molecule has 0 N–H and O–H groups in total. The van der Waals surface area contributed by atoms with Crippen LogP contribution in [-0.4, -0.2) is 56.6 Å². The maximum Gasteiger partial charge on any atom is 0.211 e. The number of hydrogen-bond donors (Lipinski definition) is 0. The monoisotopic (exact) mass is 220 g/mol. The van der Waals surface area contributed by atoms with Crippen molar-refractivity contribution < 1.29 is 8.42 Å². The van der Waals surface area contributed by atoms with E-state index in [4.69, 9.17) is 0 Å². The molecule has 4 nitrogen and oxygen atoms in total. The van der Waals surface area contributed by atoms with Gasteiger partial charge in [-0.3, -0.25) is 0 Å². The Labute approximate surface area is 86.9 Å². The Morgan fingerprint density at radius 1 is 1.36 bits per heavy atom. The van der Waals surface area contributed by atoms with E-state index in [9.17, 15) is 8.42 Å². The molecule has 1 rings (SSSR count). The Morgan fingerprint density at radius 3 is 2.21 bits per heavy atom. The lowest BCUT2D eigenvalue weighted by Crippen LogP contribution is -2.45. The summed E-state index contributed by atoms with van der Waals surface area (Å²) in [5, 5.41) is 0. The van der Waals surface area contributed by atoms with Crippen molar-refractivity contribution in [3.05, 3.63) is 0 Å². The number of rotatable bonds is 3. The van der Waals surface area contributed by atoms with Gasteiger partial charge in [-0.2, -0.15) is 0 Å². The molecule has 0 radical (unpaired) electrons. The quantitative estimate of drug-likeness (QED) is 0.689. The summed E-state index contributed by atoms with van der Waals surface area (Å²) in [5.74, 6) is 0. The average molecular weight is 220 g/mol. The van der Waals surface area contributed by atoms with Crippen molar-refractivity contribution >= 4 is 10.0 Å². The van der Waals surface area contributed by atoms with Crippen molar-refractivity contribution in [1.82, 2.24) is 9.21 Å². The third kappa shape index (κ3) is 2.93. The molecule has 0 aromatic carbocycles. The third-order valence-corrected chi connectivity index (χ3v) is 4.32. The van der Waals surface area contributed by atoms with Crippen molar-refractivity contribution in [2.45, 2.75) is 25.8 Å². The number of hydrogen-bond acceptors (Lipinski definition) is 3. The number of piperidine rings is 1. The molecule has 84 valence electrons. The van der Waals surface area contributed by atoms with E-state index in [1.54, 1.807) is 4.31 Å². The first-order valence-corrected chi connectivity index (χ1v) is 6.95. The van der Waals surface area contributed by atoms with Crippen molar-refractivity contribution in [2.75, 3.05) is 32.9 Å². The van der Waals surface area contributed by atoms with E-state index in [-0.39, 0.29) is 0 Å². The highest BCUT2D eigenvalue weighted by Gasteiger charge is 2.26. The summed E-state index contributed by atoms with van der Waals surface area (Å²) in [7, 11) is -0.869. The molecule has 5 heteroatoms. The Balaban J connectivity index is 2.47. The average Bonchev–Trinajstić information content (AvgIpc) is 2.15. The second kappa shape index (κ2) is 4.59. The minimum Gasteiger partial charge on any atom is -0.304 e. The van der Waals surface area contributed by atoms with Crippen molar-refractivity contribution in [2.24, 2.45) is 0 Å². The molecule has 14 heavy (non-hydrogen) atoms. The SMILES string of the molecule is CCN(C)C1CCN(S(C)(=O)=O)CC1. The van der Waals surface area contributed by atoms with Crippen LogP contribution in [0.25, 0.3) is 0 Å². The largest absolute Gasteiger partial charge is 0.304 e. The molecule has 0 saturated carbocycles. The lowest BCUT2D eigenvalue weighted by molar-refractivity contribution is 0.175. The molecule has 1 saturated heterocycles. The van der Waals surface area contributed by atoms with Gasteiger partial charge in [-0.1, -0.05) is 6.92 Å². The molecule has 0 atom stereocenters. The van der Waals surface area contributed by atoms with Crippen LogP contribution >= 0.6 is 0 Å². The van der Waals surface area contributed by atoms with Gasteiger partial charge in [0.05, 0.1) is 6.26 Å². The van der Waals surface area contributed by atoms with E-state index in [0.717, 1.165) is 19.4 Å². The molecular weight excluding hydrogens is 200 g/mol. The molecule has 1 aliphatic heterocycles. The second-order valence-electron chi connectivity index (χ2n) is 3.97. The van der Waals surface area contributed by atoms with Gasteiger partial charge in [0.2, 0.25) is 10.0 Å². The van der Waals surface area contributed by atoms with E-state index in [2.05, 4.69) is 18.9 Å². The van der Waals surface area contributed by atoms with Crippen molar-refractivity contribution in [3.63, 3.8) is 0 Å². The lowest BCUT2D eigenvalue weighted by Gasteiger charge is -2.35. The van der Waals surface area contributed by atoms with Crippen LogP contribution < -0.4 is 0 Å². The van der Waals surface area contributed by atoms with Crippen LogP contribution in [0.4, 0.5) is 0 Å². The second-order valence-corrected chi connectivity index (χ2v) is 5.95. The van der Waals surface area contributed by atoms with Crippen LogP contribution in [0.2, 0.25) is 0 Å². The van der Waals surface area contributed by atoms with Crippen LogP contribution in [-0.2, 0) is 10.0 Å². The van der Waals surface area contributed by atoms with E-state index in [1.165, 1.54) is 6.26 Å². The molecule has 0 aromatic rings. The van der Waals surface area contributed by atoms with Gasteiger partial charge in [0, 0.05) is 19.1 Å². The first kappa shape index (κ1) is 11.9. The van der Waals surface area contributed by atoms with Gasteiger partial charge in [0.25, 0.3) is 0 Å². The van der Waals surface area contributed by atoms with Gasteiger partial charge < -0.3 is 4.90 Å². The predicted molar refractivity (Wildman–Crippen MR) is 57.7 cm³/mol. The Morgan fingerprint density at radius 2 is 1.86 bits per heavy atom. The summed E-state index contributed by atoms with van der Waals surface area (Å²) in [4.78, 5) is 2.29. The summed E-state index contributed by atoms with van der Waals surface area (Å²) in [6.45, 7) is 4.51. The zero-order valence-corrected chi connectivity index (χ0v) is 10.0. The van der Waals surface area contributed by atoms with E-state index < -0.39 is 10.0 Å². The van der Waals surface area contributed by atoms with Crippen LogP contribution in [0.1, 0.15) is 19.8 Å². The van der Waals surface area contributed by atoms with Crippen LogP contribution in [0, 0.1) is 0 Å². The Hall–Kier alpha value is -0.130. The molecule has 0 amide bonds. The van der Waals surface area contributed by atoms with E-state index in [1.807, 2.05) is 0 Å². The molecule has 1 aliphatic rings. The van der Waals surface area contributed by atoms with Gasteiger partial charge in [0.15, 0.2) is 0 Å². The predicted octanol–water partition coefficient (Wildman–Crippen LogP) is 0.362. The number of sulfonamides is 1. The zero-order chi connectivity index (χ0) is 10.8. The molecular formula is C9H20N2O2S. The number of nitrogens with zero attached hydrogens (tertiary/aromatic N) is 2. The lowest BCUT2D eigenvalue weighted by atomic mass is 10.1. The highest BCUT2D eigenvalue weighted by atomic mass is 32.2. The van der Waals surface area contributed by atoms with Gasteiger partial charge in [-0.15, -0.1) is 0 Å². The zero-order valence-electron chi connectivity index (χ0n) is 9.23. The summed E-state index contributed by atoms with van der Waals surface area (Å²) in [6, 6.07) is 0.554. The molecule has 0 unspecified atom stereocenters. The molecule has 0 bridgehead atoms. The molecule has 0 aromatic heterocycles. The third-order valence-electron chi connectivity index (χ3n) is 3.01. The van der Waals surface area contributed by atoms with Crippen molar-refractivity contribution in [3.8, 4) is 0 Å². The molecule has 1 heterocycles. The summed E-state index contributed by atoms with van der Waals surface area (Å²) >= 11 is 0. The van der Waals surface area contributed by atoms with Crippen LogP contribution in [0.5, 0.6) is 0 Å². The van der Waals surface area contributed by atoms with E-state index >= 15 is 0 Å². The van der Waals surface area contributed by atoms with Crippen LogP contribution in [0.15, 0.2) is 0 Å². The normalized spacial score (nSPS) is 21.7. The van der Waals surface area contributed by atoms with Gasteiger partial charge in [-0.25, -0.2) is 12.7 Å². The maximum absolute atomic E-state index is 11.2. The topological polar surface area (TPSA) is 40.6 Å². The fourth-order valence-electron chi connectivity index (χ4n) is 1.87. The summed E-state index contributed by atoms with van der Waals surface area (Å²) in [5.41, 5.74) is 0. The first-order chi connectivity index (χ1) is 6.45. The Kier molecular flexibility index (Phi) is 3.92. The van der Waals surface area contributed by atoms with Gasteiger partial charge in [0.1, 0.15) is 0 Å². The standard InChI is InChI=1S/C9H20N2O2S/c1-4-10(2)9-5-7-11(8-6-9)14(3,12)13/h9H,4-8H2,1-3H3. The summed E-state index contributed by atoms with van der Waals surface area (Å²) in [6.07, 6.45) is 3.20. The van der Waals surface area contributed by atoms with E-state index in [0.29, 0.717) is 19.1 Å². The van der Waals surface area contributed by atoms with Gasteiger partial charge >= 0.3 is 0 Å². The molecule has 0 aliphatic carbocycles. The minimum absolute atomic E-state index is 0.554. The van der Waals surface area contributed by atoms with Crippen LogP contribution in [0.3, 0.4) is 0 Å². The fraction of sp³-hybridized carbons (Fsp3) is 1.00. The smallest absolute Gasteiger partial charge is 0.211 e. The maximum atomic E-state index is 11.2. The van der Waals surface area contributed by atoms with Gasteiger partial charge in [-0.05, 0) is 26.4 Å².